The molecule has 21 heavy (non-hydrogen) atoms. The van der Waals surface area contributed by atoms with Gasteiger partial charge in [-0.15, -0.1) is 0 Å². The molecule has 2 rings (SSSR count). The molecule has 0 N–H and O–H groups in total. The molecule has 114 valence electrons. The van der Waals surface area contributed by atoms with E-state index in [0.717, 1.165) is 36.5 Å². The fourth-order valence-electron chi connectivity index (χ4n) is 2.44. The average Bonchev–Trinajstić information content (AvgIpc) is 2.52. The number of carbonyl (C=O) groups is 1. The maximum Gasteiger partial charge on any atom is 0.333 e. The average molecular weight is 290 g/mol. The number of benzene rings is 1. The van der Waals surface area contributed by atoms with E-state index in [-0.39, 0.29) is 5.97 Å². The van der Waals surface area contributed by atoms with Crippen LogP contribution in [0.25, 0.3) is 0 Å². The van der Waals surface area contributed by atoms with Crippen LogP contribution in [0, 0.1) is 0 Å². The van der Waals surface area contributed by atoms with Crippen molar-refractivity contribution in [3.8, 4) is 11.5 Å². The molecule has 0 saturated heterocycles. The van der Waals surface area contributed by atoms with Gasteiger partial charge in [-0.1, -0.05) is 12.1 Å². The third kappa shape index (κ3) is 3.57. The number of rotatable bonds is 5. The number of methoxy groups -OCH3 is 1. The first-order valence-electron chi connectivity index (χ1n) is 7.32. The van der Waals surface area contributed by atoms with Crippen LogP contribution in [0.2, 0.25) is 0 Å². The molecule has 1 aliphatic heterocycles. The monoisotopic (exact) mass is 290 g/mol. The highest BCUT2D eigenvalue weighted by molar-refractivity contribution is 5.87. The number of aryl methyl sites for hydroxylation is 1. The molecule has 1 aromatic carbocycles. The number of hydrogen-bond acceptors (Lipinski definition) is 4. The second-order valence-corrected chi connectivity index (χ2v) is 5.00. The van der Waals surface area contributed by atoms with Gasteiger partial charge in [-0.05, 0) is 44.7 Å². The van der Waals surface area contributed by atoms with Gasteiger partial charge in [0, 0.05) is 11.1 Å². The van der Waals surface area contributed by atoms with Crippen LogP contribution in [-0.2, 0) is 22.4 Å². The van der Waals surface area contributed by atoms with Crippen LogP contribution in [0.15, 0.2) is 23.8 Å². The normalized spacial score (nSPS) is 14.1. The molecule has 0 aromatic heterocycles. The molecule has 0 fully saturated rings. The van der Waals surface area contributed by atoms with Crippen molar-refractivity contribution in [2.75, 3.05) is 20.3 Å². The Morgan fingerprint density at radius 3 is 2.95 bits per heavy atom. The van der Waals surface area contributed by atoms with E-state index >= 15 is 0 Å². The predicted molar refractivity (Wildman–Crippen MR) is 80.9 cm³/mol. The second kappa shape index (κ2) is 7.16. The smallest absolute Gasteiger partial charge is 0.333 e. The molecule has 0 atom stereocenters. The zero-order chi connectivity index (χ0) is 15.2. The first kappa shape index (κ1) is 15.4. The Labute approximate surface area is 125 Å². The summed E-state index contributed by atoms with van der Waals surface area (Å²) in [5, 5.41) is 0. The lowest BCUT2D eigenvalue weighted by Gasteiger charge is -2.21. The predicted octanol–water partition coefficient (Wildman–Crippen LogP) is 3.07. The van der Waals surface area contributed by atoms with Crippen LogP contribution in [0.1, 0.15) is 31.4 Å². The van der Waals surface area contributed by atoms with Crippen molar-refractivity contribution in [3.63, 3.8) is 0 Å². The summed E-state index contributed by atoms with van der Waals surface area (Å²) in [6.07, 6.45) is 4.52. The first-order valence-corrected chi connectivity index (χ1v) is 7.32. The minimum absolute atomic E-state index is 0.276. The lowest BCUT2D eigenvalue weighted by Crippen LogP contribution is -2.11. The highest BCUT2D eigenvalue weighted by Gasteiger charge is 2.18. The van der Waals surface area contributed by atoms with Gasteiger partial charge >= 0.3 is 5.97 Å². The molecular weight excluding hydrogens is 268 g/mol. The third-order valence-corrected chi connectivity index (χ3v) is 3.57. The van der Waals surface area contributed by atoms with Crippen LogP contribution in [0.4, 0.5) is 0 Å². The number of esters is 1. The van der Waals surface area contributed by atoms with Gasteiger partial charge < -0.3 is 14.2 Å². The minimum atomic E-state index is -0.276. The second-order valence-electron chi connectivity index (χ2n) is 5.00. The van der Waals surface area contributed by atoms with E-state index < -0.39 is 0 Å². The molecule has 0 aliphatic carbocycles. The molecular formula is C17H22O4. The summed E-state index contributed by atoms with van der Waals surface area (Å²) in [5.41, 5.74) is 2.81. The molecule has 4 heteroatoms. The van der Waals surface area contributed by atoms with Crippen LogP contribution < -0.4 is 9.47 Å². The van der Waals surface area contributed by atoms with E-state index in [1.165, 1.54) is 5.56 Å². The van der Waals surface area contributed by atoms with E-state index in [2.05, 4.69) is 6.07 Å². The molecule has 0 amide bonds. The van der Waals surface area contributed by atoms with Gasteiger partial charge in [0.05, 0.1) is 20.3 Å². The Morgan fingerprint density at radius 1 is 1.43 bits per heavy atom. The van der Waals surface area contributed by atoms with Gasteiger partial charge in [0.1, 0.15) is 11.5 Å². The first-order chi connectivity index (χ1) is 10.2. The maximum absolute atomic E-state index is 11.7. The lowest BCUT2D eigenvalue weighted by molar-refractivity contribution is -0.138. The Balaban J connectivity index is 2.26. The fraction of sp³-hybridized carbons (Fsp3) is 0.471. The molecule has 1 aromatic rings. The van der Waals surface area contributed by atoms with Crippen molar-refractivity contribution < 1.29 is 19.0 Å². The summed E-state index contributed by atoms with van der Waals surface area (Å²) in [6.45, 7) is 4.68. The number of ether oxygens (including phenoxy) is 3. The van der Waals surface area contributed by atoms with Crippen LogP contribution in [0.5, 0.6) is 11.5 Å². The maximum atomic E-state index is 11.7. The largest absolute Gasteiger partial charge is 0.496 e. The highest BCUT2D eigenvalue weighted by Crippen LogP contribution is 2.36. The summed E-state index contributed by atoms with van der Waals surface area (Å²) in [4.78, 5) is 11.7. The lowest BCUT2D eigenvalue weighted by atomic mass is 9.99. The molecule has 0 radical (unpaired) electrons. The van der Waals surface area contributed by atoms with E-state index in [1.54, 1.807) is 21.0 Å². The van der Waals surface area contributed by atoms with Crippen molar-refractivity contribution >= 4 is 5.97 Å². The standard InChI is InChI=1S/C17H22O4/c1-4-20-17(18)12(2)7-9-14-15(19-3)10-8-13-6-5-11-21-16(13)14/h7-8,10H,4-6,9,11H2,1-3H3/b12-7+. The van der Waals surface area contributed by atoms with E-state index in [1.807, 2.05) is 12.1 Å². The quantitative estimate of drug-likeness (QED) is 0.617. The molecule has 0 spiro atoms. The number of hydrogen-bond donors (Lipinski definition) is 0. The summed E-state index contributed by atoms with van der Waals surface area (Å²) in [5.74, 6) is 1.43. The molecule has 0 unspecified atom stereocenters. The van der Waals surface area contributed by atoms with Gasteiger partial charge in [0.25, 0.3) is 0 Å². The fourth-order valence-corrected chi connectivity index (χ4v) is 2.44. The third-order valence-electron chi connectivity index (χ3n) is 3.57. The molecule has 0 bridgehead atoms. The summed E-state index contributed by atoms with van der Waals surface area (Å²) in [7, 11) is 1.65. The molecule has 1 aliphatic rings. The number of carbonyl (C=O) groups excluding carboxylic acids is 1. The van der Waals surface area contributed by atoms with Crippen molar-refractivity contribution in [3.05, 3.63) is 34.9 Å². The minimum Gasteiger partial charge on any atom is -0.496 e. The number of fused-ring (bicyclic) bond motifs is 1. The molecule has 0 saturated carbocycles. The van der Waals surface area contributed by atoms with Crippen molar-refractivity contribution in [2.24, 2.45) is 0 Å². The van der Waals surface area contributed by atoms with Gasteiger partial charge in [0.2, 0.25) is 0 Å². The van der Waals surface area contributed by atoms with Gasteiger partial charge in [-0.3, -0.25) is 0 Å². The zero-order valence-electron chi connectivity index (χ0n) is 12.9. The summed E-state index contributed by atoms with van der Waals surface area (Å²) >= 11 is 0. The van der Waals surface area contributed by atoms with Crippen LogP contribution in [-0.4, -0.2) is 26.3 Å². The Hall–Kier alpha value is -1.97. The van der Waals surface area contributed by atoms with Gasteiger partial charge in [-0.25, -0.2) is 4.79 Å². The van der Waals surface area contributed by atoms with Crippen molar-refractivity contribution in [1.29, 1.82) is 0 Å². The number of allylic oxidation sites excluding steroid dienone is 1. The zero-order valence-corrected chi connectivity index (χ0v) is 12.9. The van der Waals surface area contributed by atoms with Gasteiger partial charge in [-0.2, -0.15) is 0 Å². The molecule has 1 heterocycles. The molecule has 4 nitrogen and oxygen atoms in total. The van der Waals surface area contributed by atoms with Crippen molar-refractivity contribution in [1.82, 2.24) is 0 Å². The van der Waals surface area contributed by atoms with E-state index in [4.69, 9.17) is 14.2 Å². The summed E-state index contributed by atoms with van der Waals surface area (Å²) < 4.78 is 16.2. The Kier molecular flexibility index (Phi) is 5.26. The summed E-state index contributed by atoms with van der Waals surface area (Å²) in [6, 6.07) is 4.02. The van der Waals surface area contributed by atoms with E-state index in [0.29, 0.717) is 18.6 Å². The Bertz CT molecular complexity index is 546. The topological polar surface area (TPSA) is 44.8 Å². The Morgan fingerprint density at radius 2 is 2.24 bits per heavy atom. The van der Waals surface area contributed by atoms with Gasteiger partial charge in [0.15, 0.2) is 0 Å². The van der Waals surface area contributed by atoms with Crippen LogP contribution in [0.3, 0.4) is 0 Å². The van der Waals surface area contributed by atoms with E-state index in [9.17, 15) is 4.79 Å². The highest BCUT2D eigenvalue weighted by atomic mass is 16.5. The van der Waals surface area contributed by atoms with Crippen molar-refractivity contribution in [2.45, 2.75) is 33.1 Å². The SMILES string of the molecule is CCOC(=O)/C(C)=C/Cc1c(OC)ccc2c1OCCC2. The van der Waals surface area contributed by atoms with Crippen LogP contribution >= 0.6 is 0 Å².